The van der Waals surface area contributed by atoms with Crippen LogP contribution in [-0.4, -0.2) is 18.2 Å². The number of halogens is 2. The van der Waals surface area contributed by atoms with E-state index in [1.165, 1.54) is 0 Å². The van der Waals surface area contributed by atoms with E-state index >= 15 is 0 Å². The molecule has 0 saturated heterocycles. The molecule has 1 aromatic carbocycles. The summed E-state index contributed by atoms with van der Waals surface area (Å²) in [7, 11) is 0. The molecule has 0 saturated carbocycles. The molecular formula is C15H23ClFNO. The number of hydrogen-bond acceptors (Lipinski definition) is 2. The van der Waals surface area contributed by atoms with Crippen LogP contribution in [-0.2, 0) is 11.2 Å². The zero-order chi connectivity index (χ0) is 14.5. The first-order chi connectivity index (χ1) is 9.00. The first-order valence-corrected chi connectivity index (χ1v) is 7.20. The summed E-state index contributed by atoms with van der Waals surface area (Å²) in [6, 6.07) is 4.76. The van der Waals surface area contributed by atoms with E-state index in [2.05, 4.69) is 0 Å². The Balaban J connectivity index is 2.93. The lowest BCUT2D eigenvalue weighted by Crippen LogP contribution is -2.50. The van der Waals surface area contributed by atoms with Crippen LogP contribution in [0.3, 0.4) is 0 Å². The highest BCUT2D eigenvalue weighted by Gasteiger charge is 2.34. The minimum Gasteiger partial charge on any atom is -0.374 e. The molecule has 0 bridgehead atoms. The second-order valence-electron chi connectivity index (χ2n) is 4.73. The minimum atomic E-state index is -0.399. The molecule has 0 amide bonds. The lowest BCUT2D eigenvalue weighted by Gasteiger charge is -2.37. The second-order valence-corrected chi connectivity index (χ2v) is 5.14. The SMILES string of the molecule is CCOC(CC)(CC)C(N)Cc1cccc(Cl)c1F. The van der Waals surface area contributed by atoms with Crippen LogP contribution < -0.4 is 5.73 Å². The van der Waals surface area contributed by atoms with Crippen LogP contribution in [0, 0.1) is 5.82 Å². The van der Waals surface area contributed by atoms with Gasteiger partial charge in [0.15, 0.2) is 0 Å². The van der Waals surface area contributed by atoms with Gasteiger partial charge in [0.2, 0.25) is 0 Å². The fourth-order valence-corrected chi connectivity index (χ4v) is 2.70. The normalized spacial score (nSPS) is 13.6. The average Bonchev–Trinajstić information content (AvgIpc) is 2.41. The van der Waals surface area contributed by atoms with E-state index in [1.807, 2.05) is 20.8 Å². The lowest BCUT2D eigenvalue weighted by molar-refractivity contribution is -0.0634. The Bertz CT molecular complexity index is 407. The van der Waals surface area contributed by atoms with Crippen molar-refractivity contribution in [3.8, 4) is 0 Å². The summed E-state index contributed by atoms with van der Waals surface area (Å²) in [5, 5.41) is 0.139. The van der Waals surface area contributed by atoms with Crippen molar-refractivity contribution in [2.24, 2.45) is 5.73 Å². The van der Waals surface area contributed by atoms with Crippen LogP contribution in [0.2, 0.25) is 5.02 Å². The first kappa shape index (κ1) is 16.4. The van der Waals surface area contributed by atoms with Crippen LogP contribution in [0.25, 0.3) is 0 Å². The zero-order valence-electron chi connectivity index (χ0n) is 11.9. The second kappa shape index (κ2) is 7.22. The van der Waals surface area contributed by atoms with Gasteiger partial charge in [0.1, 0.15) is 5.82 Å². The molecule has 0 aliphatic heterocycles. The quantitative estimate of drug-likeness (QED) is 0.824. The lowest BCUT2D eigenvalue weighted by atomic mass is 9.85. The summed E-state index contributed by atoms with van der Waals surface area (Å²) in [5.74, 6) is -0.378. The van der Waals surface area contributed by atoms with Crippen LogP contribution >= 0.6 is 11.6 Å². The van der Waals surface area contributed by atoms with Crippen molar-refractivity contribution in [2.75, 3.05) is 6.61 Å². The smallest absolute Gasteiger partial charge is 0.145 e. The molecule has 4 heteroatoms. The van der Waals surface area contributed by atoms with E-state index in [0.29, 0.717) is 18.6 Å². The van der Waals surface area contributed by atoms with Gasteiger partial charge in [-0.3, -0.25) is 0 Å². The Morgan fingerprint density at radius 3 is 2.47 bits per heavy atom. The Labute approximate surface area is 120 Å². The van der Waals surface area contributed by atoms with Gasteiger partial charge in [-0.05, 0) is 37.8 Å². The summed E-state index contributed by atoms with van der Waals surface area (Å²) in [4.78, 5) is 0. The van der Waals surface area contributed by atoms with E-state index < -0.39 is 5.60 Å². The zero-order valence-corrected chi connectivity index (χ0v) is 12.6. The van der Waals surface area contributed by atoms with Crippen molar-refractivity contribution in [2.45, 2.75) is 51.7 Å². The monoisotopic (exact) mass is 287 g/mol. The van der Waals surface area contributed by atoms with Crippen molar-refractivity contribution in [3.05, 3.63) is 34.6 Å². The molecule has 0 heterocycles. The maximum Gasteiger partial charge on any atom is 0.145 e. The van der Waals surface area contributed by atoms with Crippen molar-refractivity contribution in [1.82, 2.24) is 0 Å². The fraction of sp³-hybridized carbons (Fsp3) is 0.600. The Hall–Kier alpha value is -0.640. The van der Waals surface area contributed by atoms with E-state index in [-0.39, 0.29) is 16.9 Å². The molecule has 1 atom stereocenters. The van der Waals surface area contributed by atoms with Gasteiger partial charge in [0.25, 0.3) is 0 Å². The molecule has 0 aliphatic carbocycles. The summed E-state index contributed by atoms with van der Waals surface area (Å²) in [6.07, 6.45) is 2.04. The minimum absolute atomic E-state index is 0.139. The van der Waals surface area contributed by atoms with Gasteiger partial charge in [-0.1, -0.05) is 37.6 Å². The number of hydrogen-bond donors (Lipinski definition) is 1. The topological polar surface area (TPSA) is 35.2 Å². The highest BCUT2D eigenvalue weighted by Crippen LogP contribution is 2.28. The van der Waals surface area contributed by atoms with Crippen molar-refractivity contribution in [1.29, 1.82) is 0 Å². The van der Waals surface area contributed by atoms with Crippen LogP contribution in [0.15, 0.2) is 18.2 Å². The average molecular weight is 288 g/mol. The summed E-state index contributed by atoms with van der Waals surface area (Å²) in [6.45, 7) is 6.65. The van der Waals surface area contributed by atoms with Gasteiger partial charge >= 0.3 is 0 Å². The number of rotatable bonds is 7. The Morgan fingerprint density at radius 2 is 1.95 bits per heavy atom. The summed E-state index contributed by atoms with van der Waals surface area (Å²) in [5.41, 5.74) is 6.42. The molecule has 0 fully saturated rings. The van der Waals surface area contributed by atoms with Gasteiger partial charge < -0.3 is 10.5 Å². The predicted octanol–water partition coefficient (Wildman–Crippen LogP) is 3.94. The Kier molecular flexibility index (Phi) is 6.24. The number of nitrogens with two attached hydrogens (primary N) is 1. The molecule has 2 N–H and O–H groups in total. The Morgan fingerprint density at radius 1 is 1.32 bits per heavy atom. The van der Waals surface area contributed by atoms with E-state index in [9.17, 15) is 4.39 Å². The van der Waals surface area contributed by atoms with Crippen LogP contribution in [0.1, 0.15) is 39.2 Å². The summed E-state index contributed by atoms with van der Waals surface area (Å²) < 4.78 is 19.8. The standard InChI is InChI=1S/C15H23ClFNO/c1-4-15(5-2,19-6-3)13(18)10-11-8-7-9-12(16)14(11)17/h7-9,13H,4-6,10,18H2,1-3H3. The number of ether oxygens (including phenoxy) is 1. The van der Waals surface area contributed by atoms with Crippen LogP contribution in [0.5, 0.6) is 0 Å². The van der Waals surface area contributed by atoms with Crippen molar-refractivity contribution in [3.63, 3.8) is 0 Å². The molecule has 1 aromatic rings. The maximum atomic E-state index is 13.9. The molecule has 1 rings (SSSR count). The molecular weight excluding hydrogens is 265 g/mol. The van der Waals surface area contributed by atoms with Gasteiger partial charge in [-0.25, -0.2) is 4.39 Å². The number of benzene rings is 1. The molecule has 0 spiro atoms. The third-order valence-corrected chi connectivity index (χ3v) is 4.07. The van der Waals surface area contributed by atoms with Crippen molar-refractivity contribution >= 4 is 11.6 Å². The molecule has 1 unspecified atom stereocenters. The molecule has 108 valence electrons. The third kappa shape index (κ3) is 3.68. The third-order valence-electron chi connectivity index (χ3n) is 3.78. The fourth-order valence-electron chi connectivity index (χ4n) is 2.50. The van der Waals surface area contributed by atoms with Gasteiger partial charge in [0, 0.05) is 12.6 Å². The largest absolute Gasteiger partial charge is 0.374 e. The van der Waals surface area contributed by atoms with Gasteiger partial charge in [0.05, 0.1) is 10.6 Å². The van der Waals surface area contributed by atoms with Gasteiger partial charge in [-0.15, -0.1) is 0 Å². The molecule has 0 aliphatic rings. The van der Waals surface area contributed by atoms with Crippen LogP contribution in [0.4, 0.5) is 4.39 Å². The molecule has 19 heavy (non-hydrogen) atoms. The maximum absolute atomic E-state index is 13.9. The van der Waals surface area contributed by atoms with Gasteiger partial charge in [-0.2, -0.15) is 0 Å². The highest BCUT2D eigenvalue weighted by molar-refractivity contribution is 6.30. The molecule has 2 nitrogen and oxygen atoms in total. The summed E-state index contributed by atoms with van der Waals surface area (Å²) >= 11 is 5.79. The van der Waals surface area contributed by atoms with E-state index in [0.717, 1.165) is 12.8 Å². The first-order valence-electron chi connectivity index (χ1n) is 6.83. The predicted molar refractivity (Wildman–Crippen MR) is 78.0 cm³/mol. The molecule has 0 radical (unpaired) electrons. The molecule has 0 aromatic heterocycles. The highest BCUT2D eigenvalue weighted by atomic mass is 35.5. The van der Waals surface area contributed by atoms with E-state index in [1.54, 1.807) is 18.2 Å². The van der Waals surface area contributed by atoms with E-state index in [4.69, 9.17) is 22.1 Å². The van der Waals surface area contributed by atoms with Crippen molar-refractivity contribution < 1.29 is 9.13 Å².